The van der Waals surface area contributed by atoms with Gasteiger partial charge in [-0.05, 0) is 60.9 Å². The Morgan fingerprint density at radius 2 is 1.84 bits per heavy atom. The Kier molecular flexibility index (Phi) is 4.69. The quantitative estimate of drug-likeness (QED) is 0.574. The van der Waals surface area contributed by atoms with Crippen molar-refractivity contribution in [2.45, 2.75) is 31.3 Å². The molecule has 1 aromatic heterocycles. The number of hydrogen-bond acceptors (Lipinski definition) is 5. The van der Waals surface area contributed by atoms with E-state index in [9.17, 15) is 13.2 Å². The molecule has 0 radical (unpaired) electrons. The minimum Gasteiger partial charge on any atom is -0.496 e. The molecule has 3 aromatic rings. The monoisotopic (exact) mass is 429 g/mol. The van der Waals surface area contributed by atoms with Gasteiger partial charge in [0.25, 0.3) is 0 Å². The third kappa shape index (κ3) is 3.87. The summed E-state index contributed by atoms with van der Waals surface area (Å²) >= 11 is 0. The van der Waals surface area contributed by atoms with Crippen molar-refractivity contribution < 1.29 is 22.6 Å². The molecule has 31 heavy (non-hydrogen) atoms. The maximum atomic E-state index is 12.4. The van der Waals surface area contributed by atoms with Crippen LogP contribution in [0.15, 0.2) is 54.7 Å². The van der Waals surface area contributed by atoms with Crippen molar-refractivity contribution in [3.05, 3.63) is 60.3 Å². The van der Waals surface area contributed by atoms with Crippen LogP contribution in [-0.4, -0.2) is 42.1 Å². The van der Waals surface area contributed by atoms with Gasteiger partial charge in [0.2, 0.25) is 0 Å². The molecule has 1 saturated carbocycles. The number of pyridine rings is 1. The summed E-state index contributed by atoms with van der Waals surface area (Å²) in [5.41, 5.74) is 3.06. The van der Waals surface area contributed by atoms with Crippen LogP contribution in [0.5, 0.6) is 11.5 Å². The highest BCUT2D eigenvalue weighted by molar-refractivity contribution is 5.88. The summed E-state index contributed by atoms with van der Waals surface area (Å²) in [6.45, 7) is 2.32. The summed E-state index contributed by atoms with van der Waals surface area (Å²) in [7, 11) is 1.66. The van der Waals surface area contributed by atoms with Crippen LogP contribution in [0.4, 0.5) is 18.9 Å². The van der Waals surface area contributed by atoms with E-state index in [1.165, 1.54) is 12.1 Å². The maximum Gasteiger partial charge on any atom is 0.573 e. The molecule has 0 unspecified atom stereocenters. The summed E-state index contributed by atoms with van der Waals surface area (Å²) < 4.78 is 46.8. The molecular weight excluding hydrogens is 407 g/mol. The maximum absolute atomic E-state index is 12.4. The molecule has 162 valence electrons. The summed E-state index contributed by atoms with van der Waals surface area (Å²) in [5, 5.41) is 1.02. The van der Waals surface area contributed by atoms with Gasteiger partial charge in [-0.25, -0.2) is 0 Å². The van der Waals surface area contributed by atoms with E-state index in [1.807, 2.05) is 30.5 Å². The van der Waals surface area contributed by atoms with Crippen molar-refractivity contribution >= 4 is 16.6 Å². The second kappa shape index (κ2) is 7.30. The predicted molar refractivity (Wildman–Crippen MR) is 111 cm³/mol. The highest BCUT2D eigenvalue weighted by atomic mass is 19.4. The van der Waals surface area contributed by atoms with E-state index in [4.69, 9.17) is 4.74 Å². The lowest BCUT2D eigenvalue weighted by Crippen LogP contribution is -2.32. The fraction of sp³-hybridized carbons (Fsp3) is 0.348. The second-order valence-electron chi connectivity index (χ2n) is 8.13. The minimum absolute atomic E-state index is 0.110. The van der Waals surface area contributed by atoms with Crippen molar-refractivity contribution in [3.63, 3.8) is 0 Å². The van der Waals surface area contributed by atoms with E-state index >= 15 is 0 Å². The van der Waals surface area contributed by atoms with Crippen molar-refractivity contribution in [2.75, 3.05) is 25.2 Å². The molecule has 5 rings (SSSR count). The normalized spacial score (nSPS) is 18.0. The average Bonchev–Trinajstić information content (AvgIpc) is 3.43. The van der Waals surface area contributed by atoms with Crippen LogP contribution in [0.3, 0.4) is 0 Å². The number of nitrogens with zero attached hydrogens (tertiary/aromatic N) is 3. The lowest BCUT2D eigenvalue weighted by atomic mass is 10.1. The lowest BCUT2D eigenvalue weighted by Gasteiger charge is -2.23. The van der Waals surface area contributed by atoms with Crippen LogP contribution in [-0.2, 0) is 6.54 Å². The number of ether oxygens (including phenoxy) is 2. The van der Waals surface area contributed by atoms with Crippen molar-refractivity contribution in [2.24, 2.45) is 0 Å². The second-order valence-corrected chi connectivity index (χ2v) is 8.13. The number of anilines is 1. The molecule has 1 aliphatic heterocycles. The van der Waals surface area contributed by atoms with Crippen LogP contribution in [0.1, 0.15) is 18.4 Å². The molecule has 0 N–H and O–H groups in total. The molecular formula is C23H22F3N3O2. The number of methoxy groups -OCH3 is 1. The van der Waals surface area contributed by atoms with E-state index in [-0.39, 0.29) is 11.3 Å². The van der Waals surface area contributed by atoms with Gasteiger partial charge >= 0.3 is 6.36 Å². The van der Waals surface area contributed by atoms with Gasteiger partial charge in [0, 0.05) is 35.9 Å². The lowest BCUT2D eigenvalue weighted by molar-refractivity contribution is -0.274. The number of alkyl halides is 3. The molecule has 5 nitrogen and oxygen atoms in total. The van der Waals surface area contributed by atoms with Gasteiger partial charge in [-0.2, -0.15) is 0 Å². The van der Waals surface area contributed by atoms with Gasteiger partial charge in [-0.1, -0.05) is 6.07 Å². The number of aromatic nitrogens is 1. The summed E-state index contributed by atoms with van der Waals surface area (Å²) in [6, 6.07) is 14.0. The average molecular weight is 429 g/mol. The molecule has 1 spiro atoms. The Labute approximate surface area is 178 Å². The molecule has 0 atom stereocenters. The van der Waals surface area contributed by atoms with Crippen molar-refractivity contribution in [1.29, 1.82) is 0 Å². The van der Waals surface area contributed by atoms with E-state index in [0.717, 1.165) is 53.8 Å². The number of fused-ring (bicyclic) bond motifs is 1. The number of benzene rings is 2. The minimum atomic E-state index is -4.68. The van der Waals surface area contributed by atoms with Crippen LogP contribution >= 0.6 is 0 Å². The first kappa shape index (κ1) is 19.9. The zero-order valence-electron chi connectivity index (χ0n) is 17.0. The number of hydrogen-bond donors (Lipinski definition) is 0. The van der Waals surface area contributed by atoms with E-state index < -0.39 is 6.36 Å². The van der Waals surface area contributed by atoms with Gasteiger partial charge in [-0.15, -0.1) is 13.2 Å². The molecule has 0 bridgehead atoms. The molecule has 2 fully saturated rings. The van der Waals surface area contributed by atoms with Crippen LogP contribution < -0.4 is 14.4 Å². The zero-order valence-corrected chi connectivity index (χ0v) is 17.0. The fourth-order valence-electron chi connectivity index (χ4n) is 4.48. The Morgan fingerprint density at radius 1 is 1.06 bits per heavy atom. The molecule has 1 aliphatic carbocycles. The number of halogens is 3. The summed E-state index contributed by atoms with van der Waals surface area (Å²) in [6.07, 6.45) is -0.639. The SMILES string of the molecule is COc1cccc2nccc(CN3CN(c4ccc(OC(F)(F)F)cc4)CC34CC4)c12. The van der Waals surface area contributed by atoms with Crippen LogP contribution in [0.25, 0.3) is 10.9 Å². The number of rotatable bonds is 5. The predicted octanol–water partition coefficient (Wildman–Crippen LogP) is 4.95. The standard InChI is InChI=1S/C23H22F3N3O2/c1-30-20-4-2-3-19-21(20)16(9-12-27-19)13-29-15-28(14-22(29)10-11-22)17-5-7-18(8-6-17)31-23(24,25)26/h2-9,12H,10-11,13-15H2,1H3. The molecule has 0 amide bonds. The Morgan fingerprint density at radius 3 is 2.52 bits per heavy atom. The molecule has 2 heterocycles. The highest BCUT2D eigenvalue weighted by Crippen LogP contribution is 2.48. The van der Waals surface area contributed by atoms with Gasteiger partial charge in [0.05, 0.1) is 19.3 Å². The highest BCUT2D eigenvalue weighted by Gasteiger charge is 2.53. The van der Waals surface area contributed by atoms with E-state index in [1.54, 1.807) is 19.2 Å². The Bertz CT molecular complexity index is 1090. The first-order chi connectivity index (χ1) is 14.9. The smallest absolute Gasteiger partial charge is 0.496 e. The van der Waals surface area contributed by atoms with Crippen LogP contribution in [0, 0.1) is 0 Å². The molecule has 2 aromatic carbocycles. The zero-order chi connectivity index (χ0) is 21.6. The third-order valence-corrected chi connectivity index (χ3v) is 6.16. The topological polar surface area (TPSA) is 37.8 Å². The fourth-order valence-corrected chi connectivity index (χ4v) is 4.48. The summed E-state index contributed by atoms with van der Waals surface area (Å²) in [4.78, 5) is 9.14. The van der Waals surface area contributed by atoms with Crippen molar-refractivity contribution in [1.82, 2.24) is 9.88 Å². The molecule has 1 saturated heterocycles. The van der Waals surface area contributed by atoms with Gasteiger partial charge in [0.15, 0.2) is 0 Å². The molecule has 2 aliphatic rings. The van der Waals surface area contributed by atoms with Gasteiger partial charge < -0.3 is 14.4 Å². The summed E-state index contributed by atoms with van der Waals surface area (Å²) in [5.74, 6) is 0.602. The van der Waals surface area contributed by atoms with Gasteiger partial charge in [0.1, 0.15) is 11.5 Å². The Hall–Kier alpha value is -3.00. The molecule has 8 heteroatoms. The third-order valence-electron chi connectivity index (χ3n) is 6.16. The van der Waals surface area contributed by atoms with E-state index in [0.29, 0.717) is 6.67 Å². The van der Waals surface area contributed by atoms with E-state index in [2.05, 4.69) is 19.5 Å². The first-order valence-corrected chi connectivity index (χ1v) is 10.1. The Balaban J connectivity index is 1.37. The largest absolute Gasteiger partial charge is 0.573 e. The first-order valence-electron chi connectivity index (χ1n) is 10.1. The van der Waals surface area contributed by atoms with Crippen molar-refractivity contribution in [3.8, 4) is 11.5 Å². The van der Waals surface area contributed by atoms with Gasteiger partial charge in [-0.3, -0.25) is 9.88 Å². The van der Waals surface area contributed by atoms with Crippen LogP contribution in [0.2, 0.25) is 0 Å².